The molecule has 0 aliphatic heterocycles. The molecule has 0 amide bonds. The molecule has 4 atom stereocenters. The van der Waals surface area contributed by atoms with Gasteiger partial charge in [0.05, 0.1) is 6.10 Å². The largest absolute Gasteiger partial charge is 0.392 e. The summed E-state index contributed by atoms with van der Waals surface area (Å²) >= 11 is 0. The van der Waals surface area contributed by atoms with Crippen LogP contribution in [0, 0.1) is 16.7 Å². The summed E-state index contributed by atoms with van der Waals surface area (Å²) in [5.41, 5.74) is 0.336. The fourth-order valence-corrected chi connectivity index (χ4v) is 6.11. The molecule has 0 heterocycles. The monoisotopic (exact) mass is 332 g/mol. The van der Waals surface area contributed by atoms with E-state index in [2.05, 4.69) is 13.8 Å². The van der Waals surface area contributed by atoms with Crippen LogP contribution in [0.2, 0.25) is 0 Å². The minimum atomic E-state index is -1.25. The van der Waals surface area contributed by atoms with Crippen LogP contribution in [0.4, 0.5) is 0 Å². The number of benzene rings is 1. The Balaban J connectivity index is 1.70. The van der Waals surface area contributed by atoms with E-state index in [0.717, 1.165) is 19.3 Å². The molecule has 1 N–H and O–H groups in total. The first-order chi connectivity index (χ1) is 10.9. The number of rotatable bonds is 5. The average molecular weight is 332 g/mol. The molecule has 0 spiro atoms. The number of carbonyl (C=O) groups is 1. The maximum Gasteiger partial charge on any atom is 0.186 e. The Morgan fingerprint density at radius 1 is 1.35 bits per heavy atom. The van der Waals surface area contributed by atoms with Crippen LogP contribution in [0.15, 0.2) is 41.8 Å². The average Bonchev–Trinajstić information content (AvgIpc) is 2.88. The molecule has 2 aliphatic carbocycles. The normalized spacial score (nSPS) is 33.2. The molecule has 2 bridgehead atoms. The summed E-state index contributed by atoms with van der Waals surface area (Å²) in [6.07, 6.45) is 3.88. The quantitative estimate of drug-likeness (QED) is 0.665. The van der Waals surface area contributed by atoms with Gasteiger partial charge in [0.25, 0.3) is 0 Å². The van der Waals surface area contributed by atoms with Crippen molar-refractivity contribution in [1.82, 2.24) is 0 Å². The van der Waals surface area contributed by atoms with Gasteiger partial charge in [-0.25, -0.2) is 0 Å². The van der Waals surface area contributed by atoms with E-state index in [0.29, 0.717) is 17.2 Å². The summed E-state index contributed by atoms with van der Waals surface area (Å²) < 4.78 is 12.5. The molecule has 0 saturated heterocycles. The maximum atomic E-state index is 12.5. The standard InChI is InChI=1S/C19H24O3S/c1-18(2)15-8-10-19(18,17(21)12-15)13-23(22)11-9-16(20)14-6-4-3-5-7-14/h3-7,9,11,15,17,21H,8,10,12-13H2,1-2H3/b11-9+/t15-,17-,19-,23?/m1/s1. The highest BCUT2D eigenvalue weighted by molar-refractivity contribution is 7.88. The molecule has 0 radical (unpaired) electrons. The zero-order valence-corrected chi connectivity index (χ0v) is 14.5. The molecule has 3 nitrogen and oxygen atoms in total. The minimum Gasteiger partial charge on any atom is -0.392 e. The zero-order chi connectivity index (χ0) is 16.7. The first-order valence-electron chi connectivity index (χ1n) is 8.20. The highest BCUT2D eigenvalue weighted by Gasteiger charge is 2.63. The van der Waals surface area contributed by atoms with Gasteiger partial charge in [0.15, 0.2) is 5.78 Å². The molecule has 4 heteroatoms. The lowest BCUT2D eigenvalue weighted by atomic mass is 9.70. The molecule has 2 fully saturated rings. The highest BCUT2D eigenvalue weighted by atomic mass is 32.2. The summed E-state index contributed by atoms with van der Waals surface area (Å²) in [5, 5.41) is 12.0. The molecule has 124 valence electrons. The number of carbonyl (C=O) groups excluding carboxylic acids is 1. The van der Waals surface area contributed by atoms with Crippen molar-refractivity contribution in [3.63, 3.8) is 0 Å². The number of hydrogen-bond donors (Lipinski definition) is 1. The van der Waals surface area contributed by atoms with Crippen LogP contribution in [0.5, 0.6) is 0 Å². The van der Waals surface area contributed by atoms with E-state index in [-0.39, 0.29) is 22.7 Å². The van der Waals surface area contributed by atoms with Crippen molar-refractivity contribution in [1.29, 1.82) is 0 Å². The number of ketones is 1. The summed E-state index contributed by atoms with van der Waals surface area (Å²) in [6.45, 7) is 4.38. The van der Waals surface area contributed by atoms with Crippen LogP contribution in [0.25, 0.3) is 0 Å². The molecule has 1 aromatic carbocycles. The van der Waals surface area contributed by atoms with Crippen molar-refractivity contribution in [3.05, 3.63) is 47.4 Å². The Kier molecular flexibility index (Phi) is 4.32. The second-order valence-corrected chi connectivity index (χ2v) is 8.75. The lowest BCUT2D eigenvalue weighted by molar-refractivity contribution is 0.0162. The summed E-state index contributed by atoms with van der Waals surface area (Å²) in [4.78, 5) is 12.1. The van der Waals surface area contributed by atoms with Gasteiger partial charge in [-0.2, -0.15) is 0 Å². The molecular formula is C19H24O3S. The molecule has 1 unspecified atom stereocenters. The van der Waals surface area contributed by atoms with E-state index in [1.165, 1.54) is 11.5 Å². The van der Waals surface area contributed by atoms with Gasteiger partial charge in [-0.1, -0.05) is 44.2 Å². The predicted molar refractivity (Wildman–Crippen MR) is 92.5 cm³/mol. The summed E-state index contributed by atoms with van der Waals surface area (Å²) in [5.74, 6) is 0.826. The van der Waals surface area contributed by atoms with Crippen molar-refractivity contribution in [2.75, 3.05) is 5.75 Å². The fourth-order valence-electron chi connectivity index (χ4n) is 4.52. The smallest absolute Gasteiger partial charge is 0.186 e. The van der Waals surface area contributed by atoms with Gasteiger partial charge in [0.2, 0.25) is 0 Å². The van der Waals surface area contributed by atoms with E-state index in [1.54, 1.807) is 12.1 Å². The molecule has 23 heavy (non-hydrogen) atoms. The van der Waals surface area contributed by atoms with Crippen LogP contribution < -0.4 is 0 Å². The van der Waals surface area contributed by atoms with E-state index in [9.17, 15) is 14.1 Å². The van der Waals surface area contributed by atoms with Crippen LogP contribution in [0.3, 0.4) is 0 Å². The second kappa shape index (κ2) is 5.99. The van der Waals surface area contributed by atoms with Gasteiger partial charge in [-0.05, 0) is 36.7 Å². The van der Waals surface area contributed by atoms with E-state index < -0.39 is 10.8 Å². The van der Waals surface area contributed by atoms with Crippen molar-refractivity contribution >= 4 is 16.6 Å². The number of aliphatic hydroxyl groups is 1. The Morgan fingerprint density at radius 2 is 2.04 bits per heavy atom. The van der Waals surface area contributed by atoms with E-state index in [1.807, 2.05) is 18.2 Å². The Labute approximate surface area is 140 Å². The van der Waals surface area contributed by atoms with Crippen molar-refractivity contribution in [3.8, 4) is 0 Å². The maximum absolute atomic E-state index is 12.5. The molecule has 2 aliphatic rings. The first-order valence-corrected chi connectivity index (χ1v) is 9.58. The fraction of sp³-hybridized carbons (Fsp3) is 0.526. The van der Waals surface area contributed by atoms with Gasteiger partial charge in [-0.15, -0.1) is 0 Å². The van der Waals surface area contributed by atoms with Crippen molar-refractivity contribution in [2.24, 2.45) is 16.7 Å². The third-order valence-corrected chi connectivity index (χ3v) is 7.46. The van der Waals surface area contributed by atoms with Gasteiger partial charge in [0, 0.05) is 32.9 Å². The SMILES string of the molecule is CC1(C)[C@@H]2CC[C@@]1(CS(=O)/C=C/C(=O)c1ccccc1)[C@H](O)C2. The topological polar surface area (TPSA) is 54.4 Å². The van der Waals surface area contributed by atoms with Gasteiger partial charge in [-0.3, -0.25) is 9.00 Å². The Hall–Kier alpha value is -1.26. The van der Waals surface area contributed by atoms with Crippen LogP contribution >= 0.6 is 0 Å². The Bertz CT molecular complexity index is 650. The molecule has 0 aromatic heterocycles. The van der Waals surface area contributed by atoms with Gasteiger partial charge in [0.1, 0.15) is 0 Å². The number of aliphatic hydroxyl groups excluding tert-OH is 1. The van der Waals surface area contributed by atoms with Crippen molar-refractivity contribution in [2.45, 2.75) is 39.2 Å². The lowest BCUT2D eigenvalue weighted by Crippen LogP contribution is -2.43. The lowest BCUT2D eigenvalue weighted by Gasteiger charge is -2.39. The summed E-state index contributed by atoms with van der Waals surface area (Å²) in [7, 11) is -1.25. The van der Waals surface area contributed by atoms with Gasteiger partial charge >= 0.3 is 0 Å². The highest BCUT2D eigenvalue weighted by Crippen LogP contribution is 2.65. The number of hydrogen-bond acceptors (Lipinski definition) is 3. The third-order valence-electron chi connectivity index (χ3n) is 6.22. The van der Waals surface area contributed by atoms with E-state index >= 15 is 0 Å². The summed E-state index contributed by atoms with van der Waals surface area (Å²) in [6, 6.07) is 8.98. The zero-order valence-electron chi connectivity index (χ0n) is 13.7. The molecular weight excluding hydrogens is 308 g/mol. The first kappa shape index (κ1) is 16.6. The van der Waals surface area contributed by atoms with Crippen LogP contribution in [-0.4, -0.2) is 27.0 Å². The second-order valence-electron chi connectivity index (χ2n) is 7.42. The third kappa shape index (κ3) is 2.72. The predicted octanol–water partition coefficient (Wildman–Crippen LogP) is 3.32. The molecule has 2 saturated carbocycles. The Morgan fingerprint density at radius 3 is 2.61 bits per heavy atom. The van der Waals surface area contributed by atoms with Gasteiger partial charge < -0.3 is 5.11 Å². The molecule has 3 rings (SSSR count). The van der Waals surface area contributed by atoms with Crippen LogP contribution in [-0.2, 0) is 10.8 Å². The molecule has 1 aromatic rings. The van der Waals surface area contributed by atoms with Crippen LogP contribution in [0.1, 0.15) is 43.5 Å². The minimum absolute atomic E-state index is 0.0132. The number of fused-ring (bicyclic) bond motifs is 2. The van der Waals surface area contributed by atoms with Crippen molar-refractivity contribution < 1.29 is 14.1 Å². The van der Waals surface area contributed by atoms with E-state index in [4.69, 9.17) is 0 Å². The number of allylic oxidation sites excluding steroid dienone is 1.